The molecule has 1 heterocycles. The number of hydrogen-bond acceptors (Lipinski definition) is 2. The lowest BCUT2D eigenvalue weighted by molar-refractivity contribution is 0.139. The summed E-state index contributed by atoms with van der Waals surface area (Å²) in [7, 11) is 0. The highest BCUT2D eigenvalue weighted by molar-refractivity contribution is 6.31. The van der Waals surface area contributed by atoms with Crippen molar-refractivity contribution in [2.24, 2.45) is 0 Å². The number of imidazole rings is 1. The van der Waals surface area contributed by atoms with E-state index in [1.807, 2.05) is 32.0 Å². The Kier molecular flexibility index (Phi) is 4.49. The van der Waals surface area contributed by atoms with E-state index in [0.29, 0.717) is 18.2 Å². The van der Waals surface area contributed by atoms with E-state index in [1.165, 1.54) is 0 Å². The van der Waals surface area contributed by atoms with E-state index >= 15 is 0 Å². The molecule has 0 N–H and O–H groups in total. The van der Waals surface area contributed by atoms with Crippen LogP contribution >= 0.6 is 23.2 Å². The van der Waals surface area contributed by atoms with Crippen LogP contribution in [0.5, 0.6) is 0 Å². The Morgan fingerprint density at radius 3 is 2.89 bits per heavy atom. The first-order valence-corrected chi connectivity index (χ1v) is 6.82. The minimum absolute atomic E-state index is 0.141. The molecule has 1 atom stereocenters. The number of aromatic nitrogens is 2. The number of nitrogens with zero attached hydrogens (tertiary/aromatic N) is 2. The highest BCUT2D eigenvalue weighted by Gasteiger charge is 2.14. The van der Waals surface area contributed by atoms with E-state index in [1.54, 1.807) is 0 Å². The fourth-order valence-electron chi connectivity index (χ4n) is 1.96. The molecule has 0 amide bonds. The summed E-state index contributed by atoms with van der Waals surface area (Å²) >= 11 is 12.2. The quantitative estimate of drug-likeness (QED) is 0.613. The summed E-state index contributed by atoms with van der Waals surface area (Å²) < 4.78 is 7.49. The first-order chi connectivity index (χ1) is 8.63. The largest absolute Gasteiger partial charge is 0.380 e. The van der Waals surface area contributed by atoms with Gasteiger partial charge in [-0.2, -0.15) is 0 Å². The maximum Gasteiger partial charge on any atom is 0.127 e. The van der Waals surface area contributed by atoms with Crippen LogP contribution in [0.15, 0.2) is 18.2 Å². The van der Waals surface area contributed by atoms with Crippen molar-refractivity contribution in [3.05, 3.63) is 29.0 Å². The van der Waals surface area contributed by atoms with Crippen molar-refractivity contribution in [3.63, 3.8) is 0 Å². The van der Waals surface area contributed by atoms with E-state index in [4.69, 9.17) is 27.9 Å². The van der Waals surface area contributed by atoms with Gasteiger partial charge in [-0.25, -0.2) is 4.98 Å². The van der Waals surface area contributed by atoms with E-state index in [0.717, 1.165) is 23.4 Å². The molecule has 18 heavy (non-hydrogen) atoms. The van der Waals surface area contributed by atoms with Gasteiger partial charge in [0.1, 0.15) is 5.82 Å². The fourth-order valence-corrected chi connectivity index (χ4v) is 2.29. The maximum atomic E-state index is 6.18. The molecule has 0 aliphatic rings. The van der Waals surface area contributed by atoms with Crippen LogP contribution in [0.3, 0.4) is 0 Å². The van der Waals surface area contributed by atoms with Crippen LogP contribution in [0.25, 0.3) is 11.0 Å². The lowest BCUT2D eigenvalue weighted by Gasteiger charge is -2.10. The van der Waals surface area contributed by atoms with Crippen molar-refractivity contribution in [3.8, 4) is 0 Å². The summed E-state index contributed by atoms with van der Waals surface area (Å²) in [6.45, 7) is 6.02. The monoisotopic (exact) mass is 286 g/mol. The van der Waals surface area contributed by atoms with Gasteiger partial charge >= 0.3 is 0 Å². The summed E-state index contributed by atoms with van der Waals surface area (Å²) in [4.78, 5) is 4.54. The molecule has 1 aromatic heterocycles. The van der Waals surface area contributed by atoms with Crippen LogP contribution in [0.2, 0.25) is 5.02 Å². The maximum absolute atomic E-state index is 6.18. The lowest BCUT2D eigenvalue weighted by atomic mass is 10.3. The minimum Gasteiger partial charge on any atom is -0.380 e. The summed E-state index contributed by atoms with van der Waals surface area (Å²) in [6, 6.07) is 5.70. The molecule has 98 valence electrons. The van der Waals surface area contributed by atoms with Crippen LogP contribution in [0.4, 0.5) is 0 Å². The van der Waals surface area contributed by atoms with Crippen molar-refractivity contribution in [1.82, 2.24) is 9.55 Å². The van der Waals surface area contributed by atoms with Crippen molar-refractivity contribution in [1.29, 1.82) is 0 Å². The predicted octanol–water partition coefficient (Wildman–Crippen LogP) is 4.03. The number of fused-ring (bicyclic) bond motifs is 1. The molecule has 1 unspecified atom stereocenters. The first kappa shape index (κ1) is 13.7. The molecule has 0 aliphatic heterocycles. The average Bonchev–Trinajstić information content (AvgIpc) is 2.68. The van der Waals surface area contributed by atoms with Crippen LogP contribution in [0.1, 0.15) is 25.0 Å². The molecule has 2 aromatic rings. The molecule has 0 fully saturated rings. The molecule has 0 bridgehead atoms. The Balaban J connectivity index is 2.42. The van der Waals surface area contributed by atoms with E-state index in [2.05, 4.69) is 9.55 Å². The molecule has 0 saturated carbocycles. The normalized spacial score (nSPS) is 13.1. The topological polar surface area (TPSA) is 27.1 Å². The van der Waals surface area contributed by atoms with Gasteiger partial charge in [-0.15, -0.1) is 11.6 Å². The zero-order chi connectivity index (χ0) is 13.1. The Hall–Kier alpha value is -0.770. The molecule has 2 rings (SSSR count). The third kappa shape index (κ3) is 2.79. The Morgan fingerprint density at radius 1 is 1.44 bits per heavy atom. The van der Waals surface area contributed by atoms with E-state index < -0.39 is 0 Å². The number of alkyl halides is 1. The van der Waals surface area contributed by atoms with Gasteiger partial charge in [0.2, 0.25) is 0 Å². The summed E-state index contributed by atoms with van der Waals surface area (Å²) in [5.41, 5.74) is 1.92. The molecular weight excluding hydrogens is 271 g/mol. The summed E-state index contributed by atoms with van der Waals surface area (Å²) in [5, 5.41) is 0.545. The van der Waals surface area contributed by atoms with Crippen molar-refractivity contribution in [2.75, 3.05) is 13.2 Å². The second-order valence-electron chi connectivity index (χ2n) is 4.07. The molecule has 0 aliphatic carbocycles. The minimum atomic E-state index is -0.141. The van der Waals surface area contributed by atoms with Gasteiger partial charge < -0.3 is 9.30 Å². The Bertz CT molecular complexity index is 537. The van der Waals surface area contributed by atoms with Crippen LogP contribution in [-0.4, -0.2) is 22.8 Å². The average molecular weight is 287 g/mol. The highest BCUT2D eigenvalue weighted by Crippen LogP contribution is 2.26. The number of benzene rings is 1. The fraction of sp³-hybridized carbons (Fsp3) is 0.462. The van der Waals surface area contributed by atoms with Gasteiger partial charge in [0.05, 0.1) is 23.0 Å². The van der Waals surface area contributed by atoms with Gasteiger partial charge in [0.15, 0.2) is 0 Å². The number of halogens is 2. The SMILES string of the molecule is CCOCCn1c(C(C)Cl)nc2cc(Cl)ccc21. The number of ether oxygens (including phenoxy) is 1. The third-order valence-electron chi connectivity index (χ3n) is 2.76. The van der Waals surface area contributed by atoms with Crippen LogP contribution < -0.4 is 0 Å². The zero-order valence-electron chi connectivity index (χ0n) is 10.5. The highest BCUT2D eigenvalue weighted by atomic mass is 35.5. The second-order valence-corrected chi connectivity index (χ2v) is 5.16. The zero-order valence-corrected chi connectivity index (χ0v) is 12.0. The molecule has 0 radical (unpaired) electrons. The summed E-state index contributed by atoms with van der Waals surface area (Å²) in [5.74, 6) is 0.855. The molecular formula is C13H16Cl2N2O. The Morgan fingerprint density at radius 2 is 2.22 bits per heavy atom. The van der Waals surface area contributed by atoms with Gasteiger partial charge in [-0.3, -0.25) is 0 Å². The first-order valence-electron chi connectivity index (χ1n) is 6.01. The van der Waals surface area contributed by atoms with Crippen LogP contribution in [0, 0.1) is 0 Å². The molecule has 3 nitrogen and oxygen atoms in total. The van der Waals surface area contributed by atoms with Crippen molar-refractivity contribution >= 4 is 34.2 Å². The molecule has 1 aromatic carbocycles. The van der Waals surface area contributed by atoms with Crippen LogP contribution in [-0.2, 0) is 11.3 Å². The lowest BCUT2D eigenvalue weighted by Crippen LogP contribution is -2.09. The van der Waals surface area contributed by atoms with E-state index in [9.17, 15) is 0 Å². The van der Waals surface area contributed by atoms with Crippen molar-refractivity contribution < 1.29 is 4.74 Å². The number of hydrogen-bond donors (Lipinski definition) is 0. The van der Waals surface area contributed by atoms with Gasteiger partial charge in [-0.05, 0) is 32.0 Å². The third-order valence-corrected chi connectivity index (χ3v) is 3.19. The number of rotatable bonds is 5. The van der Waals surface area contributed by atoms with E-state index in [-0.39, 0.29) is 5.38 Å². The van der Waals surface area contributed by atoms with Crippen molar-refractivity contribution in [2.45, 2.75) is 25.8 Å². The van der Waals surface area contributed by atoms with Gasteiger partial charge in [-0.1, -0.05) is 11.6 Å². The van der Waals surface area contributed by atoms with Gasteiger partial charge in [0.25, 0.3) is 0 Å². The predicted molar refractivity (Wildman–Crippen MR) is 75.5 cm³/mol. The standard InChI is InChI=1S/C13H16Cl2N2O/c1-3-18-7-6-17-12-5-4-10(15)8-11(12)16-13(17)9(2)14/h4-5,8-9H,3,6-7H2,1-2H3. The molecule has 0 saturated heterocycles. The molecule has 0 spiro atoms. The summed E-state index contributed by atoms with van der Waals surface area (Å²) in [6.07, 6.45) is 0. The molecule has 5 heteroatoms. The van der Waals surface area contributed by atoms with Gasteiger partial charge in [0, 0.05) is 18.2 Å². The second kappa shape index (κ2) is 5.91. The Labute approximate surface area is 117 Å². The smallest absolute Gasteiger partial charge is 0.127 e.